The van der Waals surface area contributed by atoms with Gasteiger partial charge in [-0.1, -0.05) is 18.6 Å². The molecule has 5 rings (SSSR count). The Labute approximate surface area is 217 Å². The lowest BCUT2D eigenvalue weighted by molar-refractivity contribution is 0.100. The molecular weight excluding hydrogens is 462 g/mol. The molecule has 7 heteroatoms. The highest BCUT2D eigenvalue weighted by molar-refractivity contribution is 5.95. The van der Waals surface area contributed by atoms with E-state index in [9.17, 15) is 4.79 Å². The number of anilines is 2. The number of aryl methyl sites for hydroxylation is 1. The molecular formula is C30H33N5O2. The first-order valence-corrected chi connectivity index (χ1v) is 12.9. The zero-order valence-electron chi connectivity index (χ0n) is 21.2. The van der Waals surface area contributed by atoms with Gasteiger partial charge in [0.15, 0.2) is 0 Å². The Kier molecular flexibility index (Phi) is 7.61. The smallest absolute Gasteiger partial charge is 0.248 e. The maximum absolute atomic E-state index is 11.6. The van der Waals surface area contributed by atoms with Gasteiger partial charge in [-0.15, -0.1) is 0 Å². The van der Waals surface area contributed by atoms with Crippen LogP contribution in [0.15, 0.2) is 66.9 Å². The molecule has 1 aromatic heterocycles. The van der Waals surface area contributed by atoms with E-state index in [-0.39, 0.29) is 0 Å². The Morgan fingerprint density at radius 1 is 1.03 bits per heavy atom. The number of hydrogen-bond acceptors (Lipinski definition) is 6. The van der Waals surface area contributed by atoms with E-state index in [1.807, 2.05) is 61.5 Å². The predicted octanol–water partition coefficient (Wildman–Crippen LogP) is 5.70. The molecule has 0 spiro atoms. The number of rotatable bonds is 9. The number of nitrogens with one attached hydrogen (secondary N) is 1. The number of carbonyl (C=O) groups excluding carboxylic acids is 1. The molecule has 7 nitrogen and oxygen atoms in total. The van der Waals surface area contributed by atoms with Crippen molar-refractivity contribution in [3.8, 4) is 16.9 Å². The fourth-order valence-electron chi connectivity index (χ4n) is 4.77. The van der Waals surface area contributed by atoms with E-state index in [2.05, 4.69) is 20.2 Å². The number of nitrogens with two attached hydrogens (primary N) is 1. The summed E-state index contributed by atoms with van der Waals surface area (Å²) in [6, 6.07) is 19.4. The van der Waals surface area contributed by atoms with Crippen LogP contribution in [-0.2, 0) is 0 Å². The van der Waals surface area contributed by atoms with Gasteiger partial charge in [0.1, 0.15) is 5.75 Å². The standard InChI is InChI=1S/C30H33N5O2/c1-21-6-7-23(29(31)36)19-27(21)22-8-13-28-24(18-22)20-32-30(34-28)33-25-9-11-26(12-10-25)37-17-5-16-35-14-3-2-4-15-35/h6-13,18-20H,2-5,14-17H2,1H3,(H2,31,36)(H,32,33,34). The Balaban J connectivity index is 1.20. The van der Waals surface area contributed by atoms with Crippen LogP contribution in [0, 0.1) is 6.92 Å². The molecule has 4 aromatic rings. The second-order valence-electron chi connectivity index (χ2n) is 9.61. The van der Waals surface area contributed by atoms with Gasteiger partial charge in [-0.05, 0) is 104 Å². The van der Waals surface area contributed by atoms with Gasteiger partial charge in [0.2, 0.25) is 11.9 Å². The third-order valence-electron chi connectivity index (χ3n) is 6.86. The molecule has 3 aromatic carbocycles. The second kappa shape index (κ2) is 11.4. The Morgan fingerprint density at radius 3 is 2.62 bits per heavy atom. The van der Waals surface area contributed by atoms with Crippen molar-refractivity contribution in [1.29, 1.82) is 0 Å². The fourth-order valence-corrected chi connectivity index (χ4v) is 4.77. The number of hydrogen-bond donors (Lipinski definition) is 2. The third-order valence-corrected chi connectivity index (χ3v) is 6.86. The molecule has 0 radical (unpaired) electrons. The monoisotopic (exact) mass is 495 g/mol. The van der Waals surface area contributed by atoms with Crippen LogP contribution in [0.3, 0.4) is 0 Å². The number of carbonyl (C=O) groups is 1. The number of amides is 1. The summed E-state index contributed by atoms with van der Waals surface area (Å²) in [4.78, 5) is 23.3. The summed E-state index contributed by atoms with van der Waals surface area (Å²) in [5, 5.41) is 4.19. The van der Waals surface area contributed by atoms with E-state index in [1.165, 1.54) is 32.4 Å². The minimum absolute atomic E-state index is 0.437. The predicted molar refractivity (Wildman–Crippen MR) is 148 cm³/mol. The van der Waals surface area contributed by atoms with Gasteiger partial charge in [0.25, 0.3) is 0 Å². The number of fused-ring (bicyclic) bond motifs is 1. The molecule has 0 unspecified atom stereocenters. The number of ether oxygens (including phenoxy) is 1. The van der Waals surface area contributed by atoms with Crippen molar-refractivity contribution in [3.05, 3.63) is 78.0 Å². The van der Waals surface area contributed by atoms with Crippen LogP contribution < -0.4 is 15.8 Å². The van der Waals surface area contributed by atoms with Crippen molar-refractivity contribution in [3.63, 3.8) is 0 Å². The molecule has 1 fully saturated rings. The minimum Gasteiger partial charge on any atom is -0.494 e. The van der Waals surface area contributed by atoms with E-state index >= 15 is 0 Å². The molecule has 1 aliphatic rings. The molecule has 0 saturated carbocycles. The molecule has 0 atom stereocenters. The van der Waals surface area contributed by atoms with Crippen LogP contribution in [0.1, 0.15) is 41.6 Å². The SMILES string of the molecule is Cc1ccc(C(N)=O)cc1-c1ccc2nc(Nc3ccc(OCCCN4CCCCC4)cc3)ncc2c1. The van der Waals surface area contributed by atoms with Gasteiger partial charge in [0, 0.05) is 29.4 Å². The number of aromatic nitrogens is 2. The molecule has 37 heavy (non-hydrogen) atoms. The van der Waals surface area contributed by atoms with Gasteiger partial charge in [-0.2, -0.15) is 0 Å². The number of primary amides is 1. The summed E-state index contributed by atoms with van der Waals surface area (Å²) in [5.74, 6) is 0.961. The van der Waals surface area contributed by atoms with Crippen molar-refractivity contribution in [2.75, 3.05) is 31.6 Å². The zero-order chi connectivity index (χ0) is 25.6. The van der Waals surface area contributed by atoms with Gasteiger partial charge in [-0.3, -0.25) is 4.79 Å². The van der Waals surface area contributed by atoms with Crippen LogP contribution in [0.25, 0.3) is 22.0 Å². The maximum atomic E-state index is 11.6. The zero-order valence-corrected chi connectivity index (χ0v) is 21.2. The van der Waals surface area contributed by atoms with E-state index in [0.29, 0.717) is 11.5 Å². The third kappa shape index (κ3) is 6.24. The molecule has 1 amide bonds. The van der Waals surface area contributed by atoms with Crippen molar-refractivity contribution < 1.29 is 9.53 Å². The van der Waals surface area contributed by atoms with Crippen LogP contribution >= 0.6 is 0 Å². The lowest BCUT2D eigenvalue weighted by Gasteiger charge is -2.26. The number of nitrogens with zero attached hydrogens (tertiary/aromatic N) is 3. The average molecular weight is 496 g/mol. The van der Waals surface area contributed by atoms with Gasteiger partial charge >= 0.3 is 0 Å². The summed E-state index contributed by atoms with van der Waals surface area (Å²) in [5.41, 5.74) is 10.7. The topological polar surface area (TPSA) is 93.4 Å². The Morgan fingerprint density at radius 2 is 1.84 bits per heavy atom. The van der Waals surface area contributed by atoms with Crippen LogP contribution in [0.4, 0.5) is 11.6 Å². The van der Waals surface area contributed by atoms with E-state index in [4.69, 9.17) is 10.5 Å². The van der Waals surface area contributed by atoms with E-state index in [0.717, 1.165) is 58.6 Å². The number of benzene rings is 3. The first-order chi connectivity index (χ1) is 18.0. The lowest BCUT2D eigenvalue weighted by Crippen LogP contribution is -2.31. The molecule has 0 bridgehead atoms. The summed E-state index contributed by atoms with van der Waals surface area (Å²) in [6.07, 6.45) is 6.87. The van der Waals surface area contributed by atoms with E-state index in [1.54, 1.807) is 12.3 Å². The molecule has 0 aliphatic carbocycles. The molecule has 1 saturated heterocycles. The largest absolute Gasteiger partial charge is 0.494 e. The van der Waals surface area contributed by atoms with Gasteiger partial charge in [0.05, 0.1) is 12.1 Å². The Bertz CT molecular complexity index is 1380. The van der Waals surface area contributed by atoms with Crippen LogP contribution in [-0.4, -0.2) is 47.0 Å². The first-order valence-electron chi connectivity index (χ1n) is 12.9. The fraction of sp³-hybridized carbons (Fsp3) is 0.300. The molecule has 2 heterocycles. The summed E-state index contributed by atoms with van der Waals surface area (Å²) >= 11 is 0. The van der Waals surface area contributed by atoms with Crippen molar-refractivity contribution in [1.82, 2.24) is 14.9 Å². The molecule has 3 N–H and O–H groups in total. The van der Waals surface area contributed by atoms with Crippen molar-refractivity contribution in [2.45, 2.75) is 32.6 Å². The minimum atomic E-state index is -0.437. The molecule has 190 valence electrons. The quantitative estimate of drug-likeness (QED) is 0.289. The second-order valence-corrected chi connectivity index (χ2v) is 9.61. The maximum Gasteiger partial charge on any atom is 0.248 e. The highest BCUT2D eigenvalue weighted by Crippen LogP contribution is 2.28. The normalized spacial score (nSPS) is 14.0. The summed E-state index contributed by atoms with van der Waals surface area (Å²) in [6.45, 7) is 6.30. The van der Waals surface area contributed by atoms with E-state index < -0.39 is 5.91 Å². The average Bonchev–Trinajstić information content (AvgIpc) is 2.92. The van der Waals surface area contributed by atoms with Crippen LogP contribution in [0.5, 0.6) is 5.75 Å². The van der Waals surface area contributed by atoms with Crippen molar-refractivity contribution in [2.24, 2.45) is 5.73 Å². The first kappa shape index (κ1) is 24.7. The lowest BCUT2D eigenvalue weighted by atomic mass is 9.97. The number of piperidine rings is 1. The summed E-state index contributed by atoms with van der Waals surface area (Å²) in [7, 11) is 0. The highest BCUT2D eigenvalue weighted by Gasteiger charge is 2.10. The van der Waals surface area contributed by atoms with Gasteiger partial charge < -0.3 is 20.7 Å². The van der Waals surface area contributed by atoms with Gasteiger partial charge in [-0.25, -0.2) is 9.97 Å². The highest BCUT2D eigenvalue weighted by atomic mass is 16.5. The van der Waals surface area contributed by atoms with Crippen molar-refractivity contribution >= 4 is 28.4 Å². The summed E-state index contributed by atoms with van der Waals surface area (Å²) < 4.78 is 5.93. The molecule has 1 aliphatic heterocycles. The Hall–Kier alpha value is -3.97. The number of likely N-dealkylation sites (tertiary alicyclic amines) is 1. The van der Waals surface area contributed by atoms with Crippen LogP contribution in [0.2, 0.25) is 0 Å².